The summed E-state index contributed by atoms with van der Waals surface area (Å²) >= 11 is 1.87. The topological polar surface area (TPSA) is 29.3 Å². The molecule has 0 radical (unpaired) electrons. The Morgan fingerprint density at radius 1 is 1.19 bits per heavy atom. The van der Waals surface area contributed by atoms with E-state index in [9.17, 15) is 0 Å². The lowest BCUT2D eigenvalue weighted by atomic mass is 10.1. The molecule has 0 saturated heterocycles. The molecule has 0 atom stereocenters. The van der Waals surface area contributed by atoms with Gasteiger partial charge >= 0.3 is 0 Å². The van der Waals surface area contributed by atoms with E-state index in [1.54, 1.807) is 0 Å². The molecule has 0 unspecified atom stereocenters. The van der Waals surface area contributed by atoms with Crippen LogP contribution in [0.15, 0.2) is 23.1 Å². The zero-order chi connectivity index (χ0) is 12.0. The van der Waals surface area contributed by atoms with E-state index in [-0.39, 0.29) is 0 Å². The van der Waals surface area contributed by atoms with Gasteiger partial charge in [-0.3, -0.25) is 0 Å². The first-order chi connectivity index (χ1) is 7.78. The van der Waals surface area contributed by atoms with E-state index in [0.29, 0.717) is 6.54 Å². The van der Waals surface area contributed by atoms with Crippen molar-refractivity contribution in [1.82, 2.24) is 0 Å². The Bertz CT molecular complexity index is 322. The lowest BCUT2D eigenvalue weighted by molar-refractivity contribution is 0.847. The third-order valence-corrected chi connectivity index (χ3v) is 3.70. The number of hydrogen-bond donors (Lipinski definition) is 1. The van der Waals surface area contributed by atoms with Crippen LogP contribution < -0.4 is 10.6 Å². The van der Waals surface area contributed by atoms with E-state index in [1.807, 2.05) is 11.8 Å². The molecular weight excluding hydrogens is 216 g/mol. The Labute approximate surface area is 103 Å². The molecule has 16 heavy (non-hydrogen) atoms. The van der Waals surface area contributed by atoms with Gasteiger partial charge < -0.3 is 10.6 Å². The van der Waals surface area contributed by atoms with Crippen LogP contribution in [0.5, 0.6) is 0 Å². The Kier molecular flexibility index (Phi) is 5.71. The van der Waals surface area contributed by atoms with Gasteiger partial charge in [-0.1, -0.05) is 13.0 Å². The highest BCUT2D eigenvalue weighted by molar-refractivity contribution is 7.99. The molecule has 0 aliphatic heterocycles. The molecule has 0 saturated carbocycles. The van der Waals surface area contributed by atoms with Gasteiger partial charge in [0.1, 0.15) is 0 Å². The van der Waals surface area contributed by atoms with Gasteiger partial charge in [-0.15, -0.1) is 11.8 Å². The van der Waals surface area contributed by atoms with Crippen molar-refractivity contribution in [3.8, 4) is 0 Å². The predicted molar refractivity (Wildman–Crippen MR) is 74.3 cm³/mol. The van der Waals surface area contributed by atoms with Gasteiger partial charge in [-0.2, -0.15) is 0 Å². The van der Waals surface area contributed by atoms with E-state index in [4.69, 9.17) is 5.73 Å². The second-order valence-electron chi connectivity index (χ2n) is 3.56. The Morgan fingerprint density at radius 3 is 2.38 bits per heavy atom. The van der Waals surface area contributed by atoms with Gasteiger partial charge in [0.05, 0.1) is 0 Å². The number of benzene rings is 1. The maximum atomic E-state index is 5.89. The summed E-state index contributed by atoms with van der Waals surface area (Å²) in [7, 11) is 0. The first-order valence-corrected chi connectivity index (χ1v) is 6.96. The number of rotatable bonds is 6. The number of hydrogen-bond acceptors (Lipinski definition) is 3. The summed E-state index contributed by atoms with van der Waals surface area (Å²) in [5, 5.41) is 0. The van der Waals surface area contributed by atoms with Gasteiger partial charge in [0.25, 0.3) is 0 Å². The highest BCUT2D eigenvalue weighted by atomic mass is 32.2. The van der Waals surface area contributed by atoms with Crippen LogP contribution >= 0.6 is 11.8 Å². The lowest BCUT2D eigenvalue weighted by Gasteiger charge is -2.25. The fourth-order valence-corrected chi connectivity index (χ4v) is 2.76. The molecule has 1 rings (SSSR count). The predicted octanol–water partition coefficient (Wildman–Crippen LogP) is 3.10. The number of anilines is 1. The van der Waals surface area contributed by atoms with Crippen LogP contribution in [0.3, 0.4) is 0 Å². The molecule has 0 aliphatic carbocycles. The fourth-order valence-electron chi connectivity index (χ4n) is 1.91. The number of nitrogens with two attached hydrogens (primary N) is 1. The Balaban J connectivity index is 3.11. The van der Waals surface area contributed by atoms with E-state index in [2.05, 4.69) is 43.9 Å². The van der Waals surface area contributed by atoms with Crippen LogP contribution in [0.25, 0.3) is 0 Å². The van der Waals surface area contributed by atoms with Crippen molar-refractivity contribution in [1.29, 1.82) is 0 Å². The van der Waals surface area contributed by atoms with Crippen LogP contribution in [0.1, 0.15) is 26.3 Å². The van der Waals surface area contributed by atoms with Gasteiger partial charge in [-0.25, -0.2) is 0 Å². The smallest absolute Gasteiger partial charge is 0.0422 e. The van der Waals surface area contributed by atoms with Gasteiger partial charge in [0, 0.05) is 35.8 Å². The van der Waals surface area contributed by atoms with Crippen LogP contribution in [-0.2, 0) is 6.54 Å². The number of thioether (sulfide) groups is 1. The van der Waals surface area contributed by atoms with Crippen molar-refractivity contribution in [3.63, 3.8) is 0 Å². The third-order valence-electron chi connectivity index (χ3n) is 2.72. The summed E-state index contributed by atoms with van der Waals surface area (Å²) in [5.41, 5.74) is 8.48. The Hall–Kier alpha value is -0.670. The minimum absolute atomic E-state index is 0.620. The van der Waals surface area contributed by atoms with Gasteiger partial charge in [0.2, 0.25) is 0 Å². The standard InChI is InChI=1S/C13H22N2S/c1-4-15(5-2)12-8-7-9-13(16-6-3)11(12)10-14/h7-9H,4-6,10,14H2,1-3H3. The maximum Gasteiger partial charge on any atom is 0.0422 e. The van der Waals surface area contributed by atoms with E-state index in [1.165, 1.54) is 16.1 Å². The van der Waals surface area contributed by atoms with Crippen LogP contribution in [0, 0.1) is 0 Å². The van der Waals surface area contributed by atoms with Crippen LogP contribution in [0.2, 0.25) is 0 Å². The maximum absolute atomic E-state index is 5.89. The SMILES string of the molecule is CCSc1cccc(N(CC)CC)c1CN. The zero-order valence-corrected chi connectivity index (χ0v) is 11.3. The van der Waals surface area contributed by atoms with Crippen LogP contribution in [-0.4, -0.2) is 18.8 Å². The molecule has 0 fully saturated rings. The molecule has 0 bridgehead atoms. The van der Waals surface area contributed by atoms with Crippen molar-refractivity contribution < 1.29 is 0 Å². The van der Waals surface area contributed by atoms with Crippen molar-refractivity contribution >= 4 is 17.4 Å². The van der Waals surface area contributed by atoms with Gasteiger partial charge in [-0.05, 0) is 31.7 Å². The molecule has 0 spiro atoms. The minimum atomic E-state index is 0.620. The molecule has 3 heteroatoms. The molecule has 0 heterocycles. The Morgan fingerprint density at radius 2 is 1.88 bits per heavy atom. The molecule has 1 aromatic carbocycles. The molecule has 0 amide bonds. The van der Waals surface area contributed by atoms with Crippen molar-refractivity contribution in [2.45, 2.75) is 32.2 Å². The summed E-state index contributed by atoms with van der Waals surface area (Å²) in [6, 6.07) is 6.48. The minimum Gasteiger partial charge on any atom is -0.372 e. The summed E-state index contributed by atoms with van der Waals surface area (Å²) in [6.45, 7) is 9.23. The average Bonchev–Trinajstić information content (AvgIpc) is 2.31. The second-order valence-corrected chi connectivity index (χ2v) is 4.87. The quantitative estimate of drug-likeness (QED) is 0.772. The van der Waals surface area contributed by atoms with Crippen molar-refractivity contribution in [3.05, 3.63) is 23.8 Å². The van der Waals surface area contributed by atoms with Gasteiger partial charge in [0.15, 0.2) is 0 Å². The summed E-state index contributed by atoms with van der Waals surface area (Å²) in [6.07, 6.45) is 0. The number of nitrogens with zero attached hydrogens (tertiary/aromatic N) is 1. The monoisotopic (exact) mass is 238 g/mol. The summed E-state index contributed by atoms with van der Waals surface area (Å²) in [5.74, 6) is 1.09. The first-order valence-electron chi connectivity index (χ1n) is 5.98. The first kappa shape index (κ1) is 13.4. The second kappa shape index (κ2) is 6.81. The molecule has 0 aromatic heterocycles. The van der Waals surface area contributed by atoms with E-state index < -0.39 is 0 Å². The molecule has 1 aromatic rings. The van der Waals surface area contributed by atoms with Crippen LogP contribution in [0.4, 0.5) is 5.69 Å². The summed E-state index contributed by atoms with van der Waals surface area (Å²) in [4.78, 5) is 3.69. The lowest BCUT2D eigenvalue weighted by Crippen LogP contribution is -2.24. The zero-order valence-electron chi connectivity index (χ0n) is 10.5. The van der Waals surface area contributed by atoms with Crippen molar-refractivity contribution in [2.75, 3.05) is 23.7 Å². The average molecular weight is 238 g/mol. The fraction of sp³-hybridized carbons (Fsp3) is 0.538. The largest absolute Gasteiger partial charge is 0.372 e. The molecular formula is C13H22N2S. The van der Waals surface area contributed by atoms with Crippen molar-refractivity contribution in [2.24, 2.45) is 5.73 Å². The molecule has 2 N–H and O–H groups in total. The van der Waals surface area contributed by atoms with E-state index >= 15 is 0 Å². The molecule has 2 nitrogen and oxygen atoms in total. The third kappa shape index (κ3) is 2.92. The molecule has 90 valence electrons. The highest BCUT2D eigenvalue weighted by Gasteiger charge is 2.10. The van der Waals surface area contributed by atoms with E-state index in [0.717, 1.165) is 18.8 Å². The normalized spacial score (nSPS) is 10.5. The highest BCUT2D eigenvalue weighted by Crippen LogP contribution is 2.30. The molecule has 0 aliphatic rings. The summed E-state index contributed by atoms with van der Waals surface area (Å²) < 4.78 is 0.